The van der Waals surface area contributed by atoms with Gasteiger partial charge in [-0.1, -0.05) is 26.7 Å². The lowest BCUT2D eigenvalue weighted by atomic mass is 9.92. The van der Waals surface area contributed by atoms with Crippen molar-refractivity contribution in [1.29, 1.82) is 0 Å². The molecule has 0 spiro atoms. The van der Waals surface area contributed by atoms with Crippen LogP contribution in [0.5, 0.6) is 0 Å². The van der Waals surface area contributed by atoms with Gasteiger partial charge in [-0.2, -0.15) is 5.10 Å². The maximum absolute atomic E-state index is 4.36. The smallest absolute Gasteiger partial charge is 0.151 e. The first kappa shape index (κ1) is 14.3. The highest BCUT2D eigenvalue weighted by molar-refractivity contribution is 5.37. The van der Waals surface area contributed by atoms with Crippen LogP contribution >= 0.6 is 0 Å². The van der Waals surface area contributed by atoms with Gasteiger partial charge in [0.15, 0.2) is 5.82 Å². The molecule has 1 aliphatic rings. The van der Waals surface area contributed by atoms with Gasteiger partial charge in [-0.15, -0.1) is 5.10 Å². The molecular weight excluding hydrogens is 236 g/mol. The van der Waals surface area contributed by atoms with Gasteiger partial charge in [-0.25, -0.2) is 0 Å². The number of piperidine rings is 1. The first-order chi connectivity index (χ1) is 9.33. The first-order valence-corrected chi connectivity index (χ1v) is 7.61. The van der Waals surface area contributed by atoms with Crippen LogP contribution in [0.2, 0.25) is 0 Å². The molecule has 0 aliphatic carbocycles. The molecule has 1 aromatic rings. The van der Waals surface area contributed by atoms with E-state index in [1.54, 1.807) is 0 Å². The zero-order valence-corrected chi connectivity index (χ0v) is 12.2. The number of hydrogen-bond donors (Lipinski definition) is 1. The van der Waals surface area contributed by atoms with Gasteiger partial charge in [-0.3, -0.25) is 0 Å². The molecule has 1 fully saturated rings. The highest BCUT2D eigenvalue weighted by Gasteiger charge is 2.19. The van der Waals surface area contributed by atoms with Crippen LogP contribution in [0.15, 0.2) is 12.1 Å². The molecule has 0 unspecified atom stereocenters. The van der Waals surface area contributed by atoms with Gasteiger partial charge in [0.1, 0.15) is 0 Å². The van der Waals surface area contributed by atoms with Crippen molar-refractivity contribution < 1.29 is 0 Å². The van der Waals surface area contributed by atoms with Crippen LogP contribution in [-0.2, 0) is 6.54 Å². The molecule has 4 heteroatoms. The van der Waals surface area contributed by atoms with Gasteiger partial charge in [0.25, 0.3) is 0 Å². The second-order valence-corrected chi connectivity index (χ2v) is 5.38. The van der Waals surface area contributed by atoms with E-state index >= 15 is 0 Å². The summed E-state index contributed by atoms with van der Waals surface area (Å²) >= 11 is 0. The van der Waals surface area contributed by atoms with Crippen molar-refractivity contribution in [3.63, 3.8) is 0 Å². The Morgan fingerprint density at radius 3 is 2.58 bits per heavy atom. The van der Waals surface area contributed by atoms with Gasteiger partial charge in [0, 0.05) is 19.6 Å². The molecule has 2 heterocycles. The molecule has 4 nitrogen and oxygen atoms in total. The summed E-state index contributed by atoms with van der Waals surface area (Å²) in [4.78, 5) is 2.37. The Morgan fingerprint density at radius 2 is 2.00 bits per heavy atom. The number of aromatic nitrogens is 2. The summed E-state index contributed by atoms with van der Waals surface area (Å²) in [5.41, 5.74) is 1.02. The highest BCUT2D eigenvalue weighted by Crippen LogP contribution is 2.24. The SMILES string of the molecule is CCCC1CCN(c2ccc(CNCC)nn2)CC1. The van der Waals surface area contributed by atoms with E-state index < -0.39 is 0 Å². The largest absolute Gasteiger partial charge is 0.355 e. The lowest BCUT2D eigenvalue weighted by Gasteiger charge is -2.32. The van der Waals surface area contributed by atoms with Gasteiger partial charge >= 0.3 is 0 Å². The predicted molar refractivity (Wildman–Crippen MR) is 79.3 cm³/mol. The van der Waals surface area contributed by atoms with E-state index in [9.17, 15) is 0 Å². The zero-order valence-electron chi connectivity index (χ0n) is 12.2. The average Bonchev–Trinajstić information content (AvgIpc) is 2.47. The van der Waals surface area contributed by atoms with E-state index in [0.717, 1.165) is 43.6 Å². The summed E-state index contributed by atoms with van der Waals surface area (Å²) in [6.45, 7) is 8.41. The van der Waals surface area contributed by atoms with Crippen molar-refractivity contribution in [2.45, 2.75) is 46.1 Å². The number of rotatable bonds is 6. The Hall–Kier alpha value is -1.16. The highest BCUT2D eigenvalue weighted by atomic mass is 15.3. The molecular formula is C15H26N4. The summed E-state index contributed by atoms with van der Waals surface area (Å²) in [6, 6.07) is 4.20. The van der Waals surface area contributed by atoms with Gasteiger partial charge in [0.2, 0.25) is 0 Å². The fourth-order valence-corrected chi connectivity index (χ4v) is 2.73. The number of nitrogens with one attached hydrogen (secondary N) is 1. The van der Waals surface area contributed by atoms with E-state index in [0.29, 0.717) is 0 Å². The van der Waals surface area contributed by atoms with Gasteiger partial charge in [0.05, 0.1) is 5.69 Å². The van der Waals surface area contributed by atoms with E-state index in [-0.39, 0.29) is 0 Å². The summed E-state index contributed by atoms with van der Waals surface area (Å²) in [6.07, 6.45) is 5.29. The van der Waals surface area contributed by atoms with Crippen LogP contribution in [0.25, 0.3) is 0 Å². The van der Waals surface area contributed by atoms with Crippen molar-refractivity contribution in [1.82, 2.24) is 15.5 Å². The number of anilines is 1. The summed E-state index contributed by atoms with van der Waals surface area (Å²) in [5.74, 6) is 1.96. The van der Waals surface area contributed by atoms with Crippen molar-refractivity contribution in [3.8, 4) is 0 Å². The zero-order chi connectivity index (χ0) is 13.5. The molecule has 1 aromatic heterocycles. The third kappa shape index (κ3) is 4.16. The van der Waals surface area contributed by atoms with Crippen LogP contribution in [0.4, 0.5) is 5.82 Å². The van der Waals surface area contributed by atoms with Gasteiger partial charge < -0.3 is 10.2 Å². The first-order valence-electron chi connectivity index (χ1n) is 7.61. The lowest BCUT2D eigenvalue weighted by Crippen LogP contribution is -2.34. The van der Waals surface area contributed by atoms with Crippen LogP contribution in [0, 0.1) is 5.92 Å². The molecule has 0 atom stereocenters. The molecule has 2 rings (SSSR count). The van der Waals surface area contributed by atoms with Crippen molar-refractivity contribution in [2.75, 3.05) is 24.5 Å². The maximum Gasteiger partial charge on any atom is 0.151 e. The second kappa shape index (κ2) is 7.43. The number of hydrogen-bond acceptors (Lipinski definition) is 4. The van der Waals surface area contributed by atoms with E-state index in [1.165, 1.54) is 25.7 Å². The van der Waals surface area contributed by atoms with Crippen molar-refractivity contribution >= 4 is 5.82 Å². The Balaban J connectivity index is 1.85. The molecule has 0 aromatic carbocycles. The van der Waals surface area contributed by atoms with E-state index in [2.05, 4.69) is 46.4 Å². The second-order valence-electron chi connectivity index (χ2n) is 5.38. The average molecular weight is 262 g/mol. The normalized spacial score (nSPS) is 16.8. The van der Waals surface area contributed by atoms with Crippen LogP contribution in [-0.4, -0.2) is 29.8 Å². The van der Waals surface area contributed by atoms with Crippen LogP contribution < -0.4 is 10.2 Å². The fraction of sp³-hybridized carbons (Fsp3) is 0.733. The minimum Gasteiger partial charge on any atom is -0.355 e. The van der Waals surface area contributed by atoms with Crippen LogP contribution in [0.1, 0.15) is 45.2 Å². The quantitative estimate of drug-likeness (QED) is 0.855. The molecule has 1 aliphatic heterocycles. The monoisotopic (exact) mass is 262 g/mol. The molecule has 0 radical (unpaired) electrons. The van der Waals surface area contributed by atoms with Crippen LogP contribution in [0.3, 0.4) is 0 Å². The molecule has 19 heavy (non-hydrogen) atoms. The third-order valence-corrected chi connectivity index (χ3v) is 3.90. The predicted octanol–water partition coefficient (Wildman–Crippen LogP) is 2.60. The third-order valence-electron chi connectivity index (χ3n) is 3.90. The summed E-state index contributed by atoms with van der Waals surface area (Å²) in [5, 5.41) is 11.9. The standard InChI is InChI=1S/C15H26N4/c1-3-5-13-8-10-19(11-9-13)15-7-6-14(17-18-15)12-16-4-2/h6-7,13,16H,3-5,8-12H2,1-2H3. The molecule has 1 saturated heterocycles. The number of nitrogens with zero attached hydrogens (tertiary/aromatic N) is 3. The molecule has 0 bridgehead atoms. The maximum atomic E-state index is 4.36. The summed E-state index contributed by atoms with van der Waals surface area (Å²) < 4.78 is 0. The minimum absolute atomic E-state index is 0.808. The Bertz CT molecular complexity index is 355. The Kier molecular flexibility index (Phi) is 5.58. The topological polar surface area (TPSA) is 41.0 Å². The lowest BCUT2D eigenvalue weighted by molar-refractivity contribution is 0.377. The van der Waals surface area contributed by atoms with E-state index in [1.807, 2.05) is 0 Å². The molecule has 0 saturated carbocycles. The van der Waals surface area contributed by atoms with E-state index in [4.69, 9.17) is 0 Å². The van der Waals surface area contributed by atoms with Gasteiger partial charge in [-0.05, 0) is 37.4 Å². The fourth-order valence-electron chi connectivity index (χ4n) is 2.73. The molecule has 1 N–H and O–H groups in total. The molecule has 106 valence electrons. The van der Waals surface area contributed by atoms with Crippen molar-refractivity contribution in [3.05, 3.63) is 17.8 Å². The minimum atomic E-state index is 0.808. The van der Waals surface area contributed by atoms with Crippen molar-refractivity contribution in [2.24, 2.45) is 5.92 Å². The summed E-state index contributed by atoms with van der Waals surface area (Å²) in [7, 11) is 0. The molecule has 0 amide bonds. The Morgan fingerprint density at radius 1 is 1.21 bits per heavy atom. The Labute approximate surface area is 116 Å².